The van der Waals surface area contributed by atoms with Crippen molar-refractivity contribution < 1.29 is 22.6 Å². The molecule has 0 saturated heterocycles. The normalized spacial score (nSPS) is 11.7. The fourth-order valence-corrected chi connectivity index (χ4v) is 0.939. The van der Waals surface area contributed by atoms with Crippen molar-refractivity contribution >= 4 is 5.95 Å². The first-order valence-corrected chi connectivity index (χ1v) is 5.14. The van der Waals surface area contributed by atoms with Gasteiger partial charge < -0.3 is 15.2 Å². The third-order valence-corrected chi connectivity index (χ3v) is 1.57. The van der Waals surface area contributed by atoms with Crippen LogP contribution in [0.3, 0.4) is 0 Å². The van der Waals surface area contributed by atoms with Crippen LogP contribution in [0, 0.1) is 0 Å². The number of nitrogens with two attached hydrogens (primary N) is 1. The van der Waals surface area contributed by atoms with Gasteiger partial charge in [0, 0.05) is 0 Å². The third kappa shape index (κ3) is 5.51. The van der Waals surface area contributed by atoms with E-state index in [1.54, 1.807) is 13.8 Å². The molecule has 0 saturated carbocycles. The molecule has 0 amide bonds. The number of halogens is 3. The number of alkyl halides is 3. The summed E-state index contributed by atoms with van der Waals surface area (Å²) in [7, 11) is 0. The van der Waals surface area contributed by atoms with Crippen LogP contribution in [0.4, 0.5) is 19.1 Å². The predicted molar refractivity (Wildman–Crippen MR) is 56.2 cm³/mol. The molecule has 0 aliphatic rings. The highest BCUT2D eigenvalue weighted by Crippen LogP contribution is 2.20. The minimum atomic E-state index is -4.30. The molecule has 0 fully saturated rings. The van der Waals surface area contributed by atoms with E-state index in [0.717, 1.165) is 0 Å². The van der Waals surface area contributed by atoms with E-state index in [-0.39, 0.29) is 24.1 Å². The van der Waals surface area contributed by atoms with Crippen molar-refractivity contribution in [3.05, 3.63) is 0 Å². The maximum absolute atomic E-state index is 11.9. The van der Waals surface area contributed by atoms with E-state index in [1.807, 2.05) is 0 Å². The maximum atomic E-state index is 11.9. The van der Waals surface area contributed by atoms with E-state index < -0.39 is 19.2 Å². The monoisotopic (exact) mass is 266 g/mol. The Balaban J connectivity index is 2.62. The highest BCUT2D eigenvalue weighted by Gasteiger charge is 2.27. The highest BCUT2D eigenvalue weighted by atomic mass is 19.4. The Bertz CT molecular complexity index is 398. The van der Waals surface area contributed by atoms with E-state index in [0.29, 0.717) is 0 Å². The van der Waals surface area contributed by atoms with Gasteiger partial charge in [0.1, 0.15) is 6.61 Å². The summed E-state index contributed by atoms with van der Waals surface area (Å²) in [5, 5.41) is 0. The SMILES string of the molecule is CC(C)Oc1nc(N)nc(OCCC(F)(F)F)n1. The van der Waals surface area contributed by atoms with Gasteiger partial charge in [0.15, 0.2) is 0 Å². The molecule has 0 radical (unpaired) electrons. The molecule has 0 bridgehead atoms. The van der Waals surface area contributed by atoms with Crippen molar-refractivity contribution in [1.29, 1.82) is 0 Å². The molecule has 1 aromatic heterocycles. The number of anilines is 1. The van der Waals surface area contributed by atoms with Gasteiger partial charge in [0.2, 0.25) is 5.95 Å². The summed E-state index contributed by atoms with van der Waals surface area (Å²) < 4.78 is 45.6. The van der Waals surface area contributed by atoms with Crippen molar-refractivity contribution in [1.82, 2.24) is 15.0 Å². The maximum Gasteiger partial charge on any atom is 0.392 e. The van der Waals surface area contributed by atoms with Gasteiger partial charge in [-0.25, -0.2) is 0 Å². The largest absolute Gasteiger partial charge is 0.463 e. The number of ether oxygens (including phenoxy) is 2. The minimum absolute atomic E-state index is 0.0838. The standard InChI is InChI=1S/C9H13F3N4O2/c1-5(2)18-8-15-6(13)14-7(16-8)17-4-3-9(10,11)12/h5H,3-4H2,1-2H3,(H2,13,14,15,16). The number of nitrogen functional groups attached to an aromatic ring is 1. The molecule has 0 spiro atoms. The van der Waals surface area contributed by atoms with Crippen LogP contribution in [0.1, 0.15) is 20.3 Å². The third-order valence-electron chi connectivity index (χ3n) is 1.57. The summed E-state index contributed by atoms with van der Waals surface area (Å²) in [5.41, 5.74) is 5.35. The van der Waals surface area contributed by atoms with Crippen LogP contribution in [-0.4, -0.2) is 33.8 Å². The minimum Gasteiger partial charge on any atom is -0.463 e. The van der Waals surface area contributed by atoms with Crippen molar-refractivity contribution in [3.8, 4) is 12.0 Å². The number of aromatic nitrogens is 3. The van der Waals surface area contributed by atoms with E-state index in [1.165, 1.54) is 0 Å². The summed E-state index contributed by atoms with van der Waals surface area (Å²) >= 11 is 0. The lowest BCUT2D eigenvalue weighted by Gasteiger charge is -2.10. The van der Waals surface area contributed by atoms with Gasteiger partial charge in [-0.2, -0.15) is 23.1 Å². The first kappa shape index (κ1) is 14.3. The van der Waals surface area contributed by atoms with E-state index in [9.17, 15) is 13.2 Å². The van der Waals surface area contributed by atoms with Crippen LogP contribution in [0.5, 0.6) is 12.0 Å². The van der Waals surface area contributed by atoms with E-state index in [4.69, 9.17) is 15.2 Å². The molecule has 0 aliphatic heterocycles. The van der Waals surface area contributed by atoms with Crippen molar-refractivity contribution in [2.45, 2.75) is 32.5 Å². The molecule has 1 heterocycles. The Kier molecular flexibility index (Phi) is 4.51. The number of hydrogen-bond donors (Lipinski definition) is 1. The summed E-state index contributed by atoms with van der Waals surface area (Å²) in [6.45, 7) is 2.89. The topological polar surface area (TPSA) is 83.2 Å². The highest BCUT2D eigenvalue weighted by molar-refractivity contribution is 5.20. The van der Waals surface area contributed by atoms with Crippen LogP contribution in [0.25, 0.3) is 0 Å². The lowest BCUT2D eigenvalue weighted by atomic mass is 10.4. The first-order chi connectivity index (χ1) is 8.26. The molecule has 102 valence electrons. The second-order valence-electron chi connectivity index (χ2n) is 3.64. The number of hydrogen-bond acceptors (Lipinski definition) is 6. The molecule has 1 aromatic rings. The second kappa shape index (κ2) is 5.69. The van der Waals surface area contributed by atoms with E-state index >= 15 is 0 Å². The van der Waals surface area contributed by atoms with Gasteiger partial charge in [-0.3, -0.25) is 0 Å². The molecule has 0 unspecified atom stereocenters. The van der Waals surface area contributed by atoms with Crippen LogP contribution in [-0.2, 0) is 0 Å². The van der Waals surface area contributed by atoms with Gasteiger partial charge in [0.05, 0.1) is 12.5 Å². The number of rotatable bonds is 5. The van der Waals surface area contributed by atoms with Crippen LogP contribution in [0.15, 0.2) is 0 Å². The zero-order chi connectivity index (χ0) is 13.8. The average molecular weight is 266 g/mol. The summed E-state index contributed by atoms with van der Waals surface area (Å²) in [6.07, 6.45) is -5.59. The van der Waals surface area contributed by atoms with Gasteiger partial charge >= 0.3 is 18.2 Å². The predicted octanol–water partition coefficient (Wildman–Crippen LogP) is 1.57. The van der Waals surface area contributed by atoms with Crippen molar-refractivity contribution in [3.63, 3.8) is 0 Å². The zero-order valence-corrected chi connectivity index (χ0v) is 9.86. The molecule has 0 aromatic carbocycles. The lowest BCUT2D eigenvalue weighted by Crippen LogP contribution is -2.15. The van der Waals surface area contributed by atoms with Crippen LogP contribution >= 0.6 is 0 Å². The molecule has 2 N–H and O–H groups in total. The Hall–Kier alpha value is -1.80. The molecule has 18 heavy (non-hydrogen) atoms. The Morgan fingerprint density at radius 2 is 1.78 bits per heavy atom. The van der Waals surface area contributed by atoms with Crippen LogP contribution in [0.2, 0.25) is 0 Å². The van der Waals surface area contributed by atoms with Gasteiger partial charge in [-0.15, -0.1) is 4.98 Å². The fraction of sp³-hybridized carbons (Fsp3) is 0.667. The quantitative estimate of drug-likeness (QED) is 0.871. The Morgan fingerprint density at radius 1 is 1.17 bits per heavy atom. The van der Waals surface area contributed by atoms with Crippen LogP contribution < -0.4 is 15.2 Å². The molecule has 0 aliphatic carbocycles. The lowest BCUT2D eigenvalue weighted by molar-refractivity contribution is -0.139. The summed E-state index contributed by atoms with van der Waals surface area (Å²) in [6, 6.07) is -0.373. The summed E-state index contributed by atoms with van der Waals surface area (Å²) in [4.78, 5) is 10.9. The zero-order valence-electron chi connectivity index (χ0n) is 9.86. The van der Waals surface area contributed by atoms with Crippen molar-refractivity contribution in [2.24, 2.45) is 0 Å². The van der Waals surface area contributed by atoms with Crippen molar-refractivity contribution in [2.75, 3.05) is 12.3 Å². The Morgan fingerprint density at radius 3 is 2.33 bits per heavy atom. The molecule has 0 atom stereocenters. The number of nitrogens with zero attached hydrogens (tertiary/aromatic N) is 3. The summed E-state index contributed by atoms with van der Waals surface area (Å²) in [5.74, 6) is -0.178. The van der Waals surface area contributed by atoms with Gasteiger partial charge in [0.25, 0.3) is 0 Å². The fourth-order valence-electron chi connectivity index (χ4n) is 0.939. The molecule has 1 rings (SSSR count). The first-order valence-electron chi connectivity index (χ1n) is 5.14. The molecule has 9 heteroatoms. The average Bonchev–Trinajstić information content (AvgIpc) is 2.12. The Labute approximate surface area is 101 Å². The smallest absolute Gasteiger partial charge is 0.392 e. The van der Waals surface area contributed by atoms with E-state index in [2.05, 4.69) is 15.0 Å². The van der Waals surface area contributed by atoms with Gasteiger partial charge in [-0.1, -0.05) is 0 Å². The van der Waals surface area contributed by atoms with Gasteiger partial charge in [-0.05, 0) is 13.8 Å². The molecular weight excluding hydrogens is 253 g/mol. The second-order valence-corrected chi connectivity index (χ2v) is 3.64. The molecule has 6 nitrogen and oxygen atoms in total. The molecular formula is C9H13F3N4O2.